The van der Waals surface area contributed by atoms with E-state index in [1.165, 1.54) is 5.56 Å². The van der Waals surface area contributed by atoms with Crippen LogP contribution in [-0.2, 0) is 16.0 Å². The van der Waals surface area contributed by atoms with E-state index in [9.17, 15) is 9.18 Å². The third kappa shape index (κ3) is 3.02. The number of rotatable bonds is 2. The number of amides is 1. The van der Waals surface area contributed by atoms with Gasteiger partial charge in [-0.1, -0.05) is 29.4 Å². The predicted octanol–water partition coefficient (Wildman–Crippen LogP) is 2.94. The van der Waals surface area contributed by atoms with E-state index in [2.05, 4.69) is 16.1 Å². The van der Waals surface area contributed by atoms with Crippen molar-refractivity contribution in [3.05, 3.63) is 45.8 Å². The average Bonchev–Trinajstić information content (AvgIpc) is 2.57. The first-order valence-corrected chi connectivity index (χ1v) is 7.80. The predicted molar refractivity (Wildman–Crippen MR) is 82.5 cm³/mol. The van der Waals surface area contributed by atoms with Crippen molar-refractivity contribution in [2.45, 2.75) is 44.1 Å². The van der Waals surface area contributed by atoms with Crippen LogP contribution in [0.15, 0.2) is 29.4 Å². The fraction of sp³-hybridized carbons (Fsp3) is 0.562. The molecule has 6 nitrogen and oxygen atoms in total. The summed E-state index contributed by atoms with van der Waals surface area (Å²) in [5.74, 6) is -0.156. The van der Waals surface area contributed by atoms with Crippen molar-refractivity contribution in [2.75, 3.05) is 13.2 Å². The van der Waals surface area contributed by atoms with Gasteiger partial charge in [-0.05, 0) is 36.4 Å². The summed E-state index contributed by atoms with van der Waals surface area (Å²) in [5, 5.41) is 3.45. The second-order valence-corrected chi connectivity index (χ2v) is 6.00. The summed E-state index contributed by atoms with van der Waals surface area (Å²) in [5.41, 5.74) is 10.9. The molecule has 0 aliphatic carbocycles. The van der Waals surface area contributed by atoms with Crippen LogP contribution in [-0.4, -0.2) is 42.3 Å². The van der Waals surface area contributed by atoms with Crippen LogP contribution in [0, 0.1) is 0 Å². The second kappa shape index (κ2) is 6.56. The fourth-order valence-electron chi connectivity index (χ4n) is 3.37. The van der Waals surface area contributed by atoms with Crippen molar-refractivity contribution in [2.24, 2.45) is 5.11 Å². The summed E-state index contributed by atoms with van der Waals surface area (Å²) in [6.45, 7) is 2.39. The average molecular weight is 318 g/mol. The van der Waals surface area contributed by atoms with Crippen LogP contribution in [0.5, 0.6) is 0 Å². The molecule has 1 unspecified atom stereocenters. The molecule has 0 saturated carbocycles. The third-order valence-electron chi connectivity index (χ3n) is 4.68. The first kappa shape index (κ1) is 15.8. The van der Waals surface area contributed by atoms with Gasteiger partial charge in [-0.25, -0.2) is 4.39 Å². The van der Waals surface area contributed by atoms with Crippen molar-refractivity contribution in [3.8, 4) is 0 Å². The second-order valence-electron chi connectivity index (χ2n) is 6.00. The standard InChI is InChI=1S/C16H19FN4O2/c1-10-12-5-3-2-4-11(12)6-7-21(10)16(22)15-8-14(19-20-18)13(17)9-23-15/h2-5,10,13-15H,6-9H2,1H3/t10-,13+,14?,15+/m0/s1. The Morgan fingerprint density at radius 2 is 2.26 bits per heavy atom. The van der Waals surface area contributed by atoms with Gasteiger partial charge in [0.25, 0.3) is 5.91 Å². The molecule has 1 fully saturated rings. The van der Waals surface area contributed by atoms with Crippen molar-refractivity contribution in [3.63, 3.8) is 0 Å². The highest BCUT2D eigenvalue weighted by Crippen LogP contribution is 2.31. The molecule has 23 heavy (non-hydrogen) atoms. The minimum absolute atomic E-state index is 0.0444. The van der Waals surface area contributed by atoms with Crippen molar-refractivity contribution in [1.82, 2.24) is 4.90 Å². The minimum atomic E-state index is -1.35. The summed E-state index contributed by atoms with van der Waals surface area (Å²) in [7, 11) is 0. The summed E-state index contributed by atoms with van der Waals surface area (Å²) in [4.78, 5) is 17.2. The first-order valence-electron chi connectivity index (χ1n) is 7.80. The molecule has 1 amide bonds. The molecule has 2 aliphatic heterocycles. The molecule has 7 heteroatoms. The summed E-state index contributed by atoms with van der Waals surface area (Å²) in [6.07, 6.45) is -1.21. The summed E-state index contributed by atoms with van der Waals surface area (Å²) in [6, 6.07) is 7.19. The summed E-state index contributed by atoms with van der Waals surface area (Å²) < 4.78 is 19.0. The van der Waals surface area contributed by atoms with E-state index in [-0.39, 0.29) is 25.0 Å². The maximum Gasteiger partial charge on any atom is 0.252 e. The molecule has 2 aliphatic rings. The van der Waals surface area contributed by atoms with Crippen molar-refractivity contribution < 1.29 is 13.9 Å². The molecule has 1 aromatic rings. The number of hydrogen-bond acceptors (Lipinski definition) is 3. The molecule has 0 bridgehead atoms. The number of halogens is 1. The molecule has 1 saturated heterocycles. The largest absolute Gasteiger partial charge is 0.365 e. The van der Waals surface area contributed by atoms with Gasteiger partial charge in [0.05, 0.1) is 18.7 Å². The molecule has 0 N–H and O–H groups in total. The quantitative estimate of drug-likeness (QED) is 0.477. The maximum absolute atomic E-state index is 13.7. The van der Waals surface area contributed by atoms with Gasteiger partial charge in [0.2, 0.25) is 0 Å². The molecular formula is C16H19FN4O2. The number of carbonyl (C=O) groups excluding carboxylic acids is 1. The Labute approximate surface area is 133 Å². The van der Waals surface area contributed by atoms with Crippen LogP contribution in [0.25, 0.3) is 10.4 Å². The number of benzene rings is 1. The molecule has 3 rings (SSSR count). The van der Waals surface area contributed by atoms with E-state index in [1.54, 1.807) is 4.90 Å². The van der Waals surface area contributed by atoms with Gasteiger partial charge in [-0.2, -0.15) is 0 Å². The zero-order valence-corrected chi connectivity index (χ0v) is 12.9. The van der Waals surface area contributed by atoms with E-state index in [4.69, 9.17) is 10.3 Å². The van der Waals surface area contributed by atoms with Crippen LogP contribution >= 0.6 is 0 Å². The highest BCUT2D eigenvalue weighted by molar-refractivity contribution is 5.82. The molecule has 2 heterocycles. The minimum Gasteiger partial charge on any atom is -0.365 e. The van der Waals surface area contributed by atoms with Crippen LogP contribution in [0.2, 0.25) is 0 Å². The Morgan fingerprint density at radius 3 is 3.04 bits per heavy atom. The Morgan fingerprint density at radius 1 is 1.48 bits per heavy atom. The zero-order chi connectivity index (χ0) is 16.4. The number of alkyl halides is 1. The highest BCUT2D eigenvalue weighted by atomic mass is 19.1. The van der Waals surface area contributed by atoms with Crippen LogP contribution in [0.3, 0.4) is 0 Å². The Hall–Kier alpha value is -2.11. The van der Waals surface area contributed by atoms with Crippen LogP contribution in [0.1, 0.15) is 30.5 Å². The SMILES string of the molecule is C[C@H]1c2ccccc2CCN1C(=O)[C@H]1CC(N=[N+]=[N-])[C@H](F)CO1. The number of ether oxygens (including phenoxy) is 1. The lowest BCUT2D eigenvalue weighted by Gasteiger charge is -2.39. The van der Waals surface area contributed by atoms with Gasteiger partial charge in [0, 0.05) is 11.5 Å². The molecule has 0 radical (unpaired) electrons. The smallest absolute Gasteiger partial charge is 0.252 e. The summed E-state index contributed by atoms with van der Waals surface area (Å²) >= 11 is 0. The van der Waals surface area contributed by atoms with Crippen molar-refractivity contribution >= 4 is 5.91 Å². The van der Waals surface area contributed by atoms with Gasteiger partial charge in [0.1, 0.15) is 12.3 Å². The number of carbonyl (C=O) groups is 1. The monoisotopic (exact) mass is 318 g/mol. The fourth-order valence-corrected chi connectivity index (χ4v) is 3.37. The number of fused-ring (bicyclic) bond motifs is 1. The van der Waals surface area contributed by atoms with Crippen molar-refractivity contribution in [1.29, 1.82) is 0 Å². The Kier molecular flexibility index (Phi) is 4.50. The van der Waals surface area contributed by atoms with E-state index in [1.807, 2.05) is 25.1 Å². The lowest BCUT2D eigenvalue weighted by atomic mass is 9.92. The number of hydrogen-bond donors (Lipinski definition) is 0. The van der Waals surface area contributed by atoms with Gasteiger partial charge >= 0.3 is 0 Å². The lowest BCUT2D eigenvalue weighted by Crippen LogP contribution is -2.49. The molecule has 0 spiro atoms. The van der Waals surface area contributed by atoms with Crippen LogP contribution < -0.4 is 0 Å². The topological polar surface area (TPSA) is 78.3 Å². The molecular weight excluding hydrogens is 299 g/mol. The zero-order valence-electron chi connectivity index (χ0n) is 12.9. The van der Waals surface area contributed by atoms with Crippen LogP contribution in [0.4, 0.5) is 4.39 Å². The van der Waals surface area contributed by atoms with E-state index in [0.29, 0.717) is 6.54 Å². The maximum atomic E-state index is 13.7. The number of azide groups is 1. The Bertz CT molecular complexity index is 647. The first-order chi connectivity index (χ1) is 11.1. The van der Waals surface area contributed by atoms with E-state index in [0.717, 1.165) is 12.0 Å². The normalized spacial score (nSPS) is 30.3. The lowest BCUT2D eigenvalue weighted by molar-refractivity contribution is -0.152. The van der Waals surface area contributed by atoms with Gasteiger partial charge in [-0.3, -0.25) is 4.79 Å². The van der Waals surface area contributed by atoms with E-state index < -0.39 is 18.3 Å². The third-order valence-corrected chi connectivity index (χ3v) is 4.68. The van der Waals surface area contributed by atoms with Gasteiger partial charge in [-0.15, -0.1) is 0 Å². The van der Waals surface area contributed by atoms with E-state index >= 15 is 0 Å². The molecule has 0 aromatic heterocycles. The highest BCUT2D eigenvalue weighted by Gasteiger charge is 2.38. The molecule has 1 aromatic carbocycles. The molecule has 4 atom stereocenters. The Balaban J connectivity index is 1.75. The number of nitrogens with zero attached hydrogens (tertiary/aromatic N) is 4. The molecule has 122 valence electrons. The van der Waals surface area contributed by atoms with Gasteiger partial charge < -0.3 is 9.64 Å². The van der Waals surface area contributed by atoms with Gasteiger partial charge in [0.15, 0.2) is 0 Å².